The maximum absolute atomic E-state index is 12.1. The second kappa shape index (κ2) is 9.11. The van der Waals surface area contributed by atoms with Gasteiger partial charge < -0.3 is 14.2 Å². The highest BCUT2D eigenvalue weighted by molar-refractivity contribution is 5.73. The molecule has 4 atom stereocenters. The predicted molar refractivity (Wildman–Crippen MR) is 117 cm³/mol. The zero-order valence-corrected chi connectivity index (χ0v) is 18.2. The molecule has 4 rings (SSSR count). The predicted octanol–water partition coefficient (Wildman–Crippen LogP) is 5.26. The average Bonchev–Trinajstić information content (AvgIpc) is 3.70. The van der Waals surface area contributed by atoms with Crippen molar-refractivity contribution in [1.82, 2.24) is 0 Å². The van der Waals surface area contributed by atoms with E-state index in [2.05, 4.69) is 30.3 Å². The van der Waals surface area contributed by atoms with E-state index in [1.807, 2.05) is 25.1 Å². The summed E-state index contributed by atoms with van der Waals surface area (Å²) in [5.74, 6) is 3.64. The Bertz CT molecular complexity index is 873. The molecule has 2 aromatic carbocycles. The Labute approximate surface area is 179 Å². The molecule has 0 radical (unpaired) electrons. The summed E-state index contributed by atoms with van der Waals surface area (Å²) in [5.41, 5.74) is 2.52. The van der Waals surface area contributed by atoms with Crippen LogP contribution in [0.3, 0.4) is 0 Å². The topological polar surface area (TPSA) is 44.8 Å². The molecule has 160 valence electrons. The fourth-order valence-electron chi connectivity index (χ4n) is 4.64. The second-order valence-electron chi connectivity index (χ2n) is 8.87. The molecule has 4 nitrogen and oxygen atoms in total. The lowest BCUT2D eigenvalue weighted by molar-refractivity contribution is -0.145. The Balaban J connectivity index is 1.33. The second-order valence-corrected chi connectivity index (χ2v) is 8.87. The minimum Gasteiger partial charge on any atom is -0.497 e. The van der Waals surface area contributed by atoms with Crippen LogP contribution in [-0.4, -0.2) is 26.8 Å². The Hall–Kier alpha value is -2.49. The van der Waals surface area contributed by atoms with Crippen molar-refractivity contribution in [2.45, 2.75) is 38.5 Å². The molecular formula is C26H32O4. The first-order valence-electron chi connectivity index (χ1n) is 11.0. The molecule has 2 aliphatic rings. The smallest absolute Gasteiger partial charge is 0.309 e. The van der Waals surface area contributed by atoms with E-state index in [1.165, 1.54) is 37.5 Å². The van der Waals surface area contributed by atoms with Gasteiger partial charge in [0.15, 0.2) is 0 Å². The maximum Gasteiger partial charge on any atom is 0.309 e. The highest BCUT2D eigenvalue weighted by atomic mass is 16.5. The average molecular weight is 409 g/mol. The molecule has 0 aromatic heterocycles. The highest BCUT2D eigenvalue weighted by Gasteiger charge is 2.40. The van der Waals surface area contributed by atoms with Crippen LogP contribution in [0.5, 0.6) is 11.5 Å². The Kier molecular flexibility index (Phi) is 6.31. The quantitative estimate of drug-likeness (QED) is 0.503. The van der Waals surface area contributed by atoms with Gasteiger partial charge in [0, 0.05) is 0 Å². The molecule has 2 aromatic rings. The molecule has 0 amide bonds. The van der Waals surface area contributed by atoms with Crippen LogP contribution in [-0.2, 0) is 16.0 Å². The normalized spacial score (nSPS) is 22.1. The summed E-state index contributed by atoms with van der Waals surface area (Å²) in [4.78, 5) is 12.1. The standard InChI is InChI=1S/C26H32O4/c1-17(26(27)29-3)25(19-10-11-19)20-7-5-9-24(15-20)30-16-22-14-21(22)12-18-6-4-8-23(13-18)28-2/h4-9,13,15,17,19,21-22,25H,10-12,14,16H2,1-3H3/t17-,21?,22+,25-/m0/s1. The molecule has 0 heterocycles. The van der Waals surface area contributed by atoms with Crippen LogP contribution in [0.2, 0.25) is 0 Å². The van der Waals surface area contributed by atoms with Crippen LogP contribution in [0.25, 0.3) is 0 Å². The number of esters is 1. The van der Waals surface area contributed by atoms with Gasteiger partial charge in [0.1, 0.15) is 11.5 Å². The van der Waals surface area contributed by atoms with Gasteiger partial charge in [-0.2, -0.15) is 0 Å². The minimum absolute atomic E-state index is 0.128. The highest BCUT2D eigenvalue weighted by Crippen LogP contribution is 2.47. The SMILES string of the molecule is COC(=O)[C@@H](C)[C@H](c1cccc(OC[C@H]2CC2Cc2cccc(OC)c2)c1)C1CC1. The van der Waals surface area contributed by atoms with E-state index in [0.29, 0.717) is 17.8 Å². The molecule has 4 heteroatoms. The van der Waals surface area contributed by atoms with Crippen molar-refractivity contribution in [2.75, 3.05) is 20.8 Å². The molecule has 0 aliphatic heterocycles. The number of hydrogen-bond acceptors (Lipinski definition) is 4. The zero-order chi connectivity index (χ0) is 21.1. The number of rotatable bonds is 10. The molecule has 1 unspecified atom stereocenters. The first-order valence-corrected chi connectivity index (χ1v) is 11.0. The first-order chi connectivity index (χ1) is 14.6. The molecule has 0 N–H and O–H groups in total. The Morgan fingerprint density at radius 2 is 1.80 bits per heavy atom. The number of benzene rings is 2. The van der Waals surface area contributed by atoms with Gasteiger partial charge in [-0.3, -0.25) is 4.79 Å². The Morgan fingerprint density at radius 1 is 1.03 bits per heavy atom. The van der Waals surface area contributed by atoms with Gasteiger partial charge in [0.25, 0.3) is 0 Å². The van der Waals surface area contributed by atoms with Crippen molar-refractivity contribution in [3.63, 3.8) is 0 Å². The molecule has 2 saturated carbocycles. The van der Waals surface area contributed by atoms with Crippen LogP contribution in [0.15, 0.2) is 48.5 Å². The third-order valence-corrected chi connectivity index (χ3v) is 6.65. The summed E-state index contributed by atoms with van der Waals surface area (Å²) in [5, 5.41) is 0. The van der Waals surface area contributed by atoms with E-state index >= 15 is 0 Å². The van der Waals surface area contributed by atoms with Crippen LogP contribution in [0, 0.1) is 23.7 Å². The fraction of sp³-hybridized carbons (Fsp3) is 0.500. The van der Waals surface area contributed by atoms with Crippen LogP contribution in [0.4, 0.5) is 0 Å². The molecule has 0 spiro atoms. The summed E-state index contributed by atoms with van der Waals surface area (Å²) >= 11 is 0. The Morgan fingerprint density at radius 3 is 2.53 bits per heavy atom. The summed E-state index contributed by atoms with van der Waals surface area (Å²) in [6.45, 7) is 2.73. The molecule has 2 fully saturated rings. The van der Waals surface area contributed by atoms with E-state index in [-0.39, 0.29) is 17.8 Å². The number of carbonyl (C=O) groups is 1. The van der Waals surface area contributed by atoms with E-state index in [9.17, 15) is 4.79 Å². The van der Waals surface area contributed by atoms with Crippen LogP contribution in [0.1, 0.15) is 43.2 Å². The number of hydrogen-bond donors (Lipinski definition) is 0. The van der Waals surface area contributed by atoms with Crippen LogP contribution < -0.4 is 9.47 Å². The maximum atomic E-state index is 12.1. The summed E-state index contributed by atoms with van der Waals surface area (Å²) in [6.07, 6.45) is 4.66. The van der Waals surface area contributed by atoms with Crippen molar-refractivity contribution in [3.05, 3.63) is 59.7 Å². The van der Waals surface area contributed by atoms with Gasteiger partial charge in [-0.1, -0.05) is 31.2 Å². The molecule has 0 bridgehead atoms. The fourth-order valence-corrected chi connectivity index (χ4v) is 4.64. The van der Waals surface area contributed by atoms with Gasteiger partial charge in [-0.25, -0.2) is 0 Å². The van der Waals surface area contributed by atoms with E-state index in [1.54, 1.807) is 7.11 Å². The number of methoxy groups -OCH3 is 2. The van der Waals surface area contributed by atoms with Crippen LogP contribution >= 0.6 is 0 Å². The van der Waals surface area contributed by atoms with Crippen molar-refractivity contribution < 1.29 is 19.0 Å². The van der Waals surface area contributed by atoms with Crippen molar-refractivity contribution >= 4 is 5.97 Å². The lowest BCUT2D eigenvalue weighted by Gasteiger charge is -2.23. The minimum atomic E-state index is -0.131. The first kappa shape index (κ1) is 20.8. The van der Waals surface area contributed by atoms with Gasteiger partial charge in [0.2, 0.25) is 0 Å². The summed E-state index contributed by atoms with van der Waals surface area (Å²) < 4.78 is 16.5. The van der Waals surface area contributed by atoms with E-state index < -0.39 is 0 Å². The third kappa shape index (κ3) is 4.97. The van der Waals surface area contributed by atoms with Crippen molar-refractivity contribution in [1.29, 1.82) is 0 Å². The number of ether oxygens (including phenoxy) is 3. The van der Waals surface area contributed by atoms with Gasteiger partial charge in [-0.15, -0.1) is 0 Å². The lowest BCUT2D eigenvalue weighted by Crippen LogP contribution is -2.22. The monoisotopic (exact) mass is 408 g/mol. The summed E-state index contributed by atoms with van der Waals surface area (Å²) in [6, 6.07) is 16.7. The lowest BCUT2D eigenvalue weighted by atomic mass is 9.83. The largest absolute Gasteiger partial charge is 0.497 e. The zero-order valence-electron chi connectivity index (χ0n) is 18.2. The summed E-state index contributed by atoms with van der Waals surface area (Å²) in [7, 11) is 3.18. The molecule has 30 heavy (non-hydrogen) atoms. The van der Waals surface area contributed by atoms with Crippen molar-refractivity contribution in [2.24, 2.45) is 23.7 Å². The van der Waals surface area contributed by atoms with Gasteiger partial charge >= 0.3 is 5.97 Å². The molecular weight excluding hydrogens is 376 g/mol. The van der Waals surface area contributed by atoms with E-state index in [4.69, 9.17) is 14.2 Å². The molecule has 2 aliphatic carbocycles. The van der Waals surface area contributed by atoms with Gasteiger partial charge in [0.05, 0.1) is 26.7 Å². The third-order valence-electron chi connectivity index (χ3n) is 6.65. The van der Waals surface area contributed by atoms with E-state index in [0.717, 1.165) is 24.5 Å². The van der Waals surface area contributed by atoms with Gasteiger partial charge in [-0.05, 0) is 84.7 Å². The number of carbonyl (C=O) groups excluding carboxylic acids is 1. The van der Waals surface area contributed by atoms with Crippen molar-refractivity contribution in [3.8, 4) is 11.5 Å². The molecule has 0 saturated heterocycles.